The maximum absolute atomic E-state index is 11.4. The average Bonchev–Trinajstić information content (AvgIpc) is 2.85. The van der Waals surface area contributed by atoms with Gasteiger partial charge in [-0.15, -0.1) is 0 Å². The molecule has 3 atom stereocenters. The highest BCUT2D eigenvalue weighted by Gasteiger charge is 2.51. The van der Waals surface area contributed by atoms with Gasteiger partial charge >= 0.3 is 0 Å². The maximum Gasteiger partial charge on any atom is 0.237 e. The van der Waals surface area contributed by atoms with Crippen LogP contribution in [0.15, 0.2) is 54.6 Å². The molecule has 2 aliphatic rings. The van der Waals surface area contributed by atoms with Crippen LogP contribution in [0.1, 0.15) is 79.0 Å². The number of nitrogens with zero attached hydrogens (tertiary/aromatic N) is 2. The Morgan fingerprint density at radius 1 is 1.11 bits per heavy atom. The minimum Gasteiger partial charge on any atom is -0.438 e. The van der Waals surface area contributed by atoms with Crippen molar-refractivity contribution in [3.8, 4) is 17.7 Å². The van der Waals surface area contributed by atoms with E-state index in [0.717, 1.165) is 68.4 Å². The second kappa shape index (κ2) is 9.71. The number of pyridine rings is 1. The van der Waals surface area contributed by atoms with Gasteiger partial charge in [-0.05, 0) is 105 Å². The van der Waals surface area contributed by atoms with E-state index < -0.39 is 5.60 Å². The number of aliphatic hydroxyl groups is 1. The van der Waals surface area contributed by atoms with E-state index in [1.54, 1.807) is 0 Å². The number of fused-ring (bicyclic) bond motifs is 3. The number of nitriles is 1. The molecule has 1 N–H and O–H groups in total. The topological polar surface area (TPSA) is 66.1 Å². The third kappa shape index (κ3) is 4.53. The first-order valence-corrected chi connectivity index (χ1v) is 13.3. The second-order valence-electron chi connectivity index (χ2n) is 11.0. The van der Waals surface area contributed by atoms with Crippen LogP contribution >= 0.6 is 0 Å². The first-order chi connectivity index (χ1) is 17.4. The van der Waals surface area contributed by atoms with Crippen molar-refractivity contribution < 1.29 is 9.84 Å². The van der Waals surface area contributed by atoms with Gasteiger partial charge in [-0.25, -0.2) is 4.98 Å². The van der Waals surface area contributed by atoms with Crippen molar-refractivity contribution in [1.29, 1.82) is 5.26 Å². The van der Waals surface area contributed by atoms with E-state index in [1.807, 2.05) is 26.0 Å². The van der Waals surface area contributed by atoms with Crippen LogP contribution in [0.2, 0.25) is 0 Å². The third-order valence-electron chi connectivity index (χ3n) is 8.54. The molecule has 1 heterocycles. The molecule has 186 valence electrons. The van der Waals surface area contributed by atoms with Crippen molar-refractivity contribution in [3.63, 3.8) is 0 Å². The quantitative estimate of drug-likeness (QED) is 0.408. The van der Waals surface area contributed by atoms with E-state index in [-0.39, 0.29) is 5.41 Å². The Balaban J connectivity index is 1.52. The molecule has 0 radical (unpaired) electrons. The molecule has 0 amide bonds. The van der Waals surface area contributed by atoms with Gasteiger partial charge in [-0.1, -0.05) is 49.7 Å². The van der Waals surface area contributed by atoms with Gasteiger partial charge in [-0.2, -0.15) is 5.26 Å². The second-order valence-corrected chi connectivity index (χ2v) is 11.0. The van der Waals surface area contributed by atoms with Gasteiger partial charge < -0.3 is 9.84 Å². The Morgan fingerprint density at radius 3 is 2.67 bits per heavy atom. The van der Waals surface area contributed by atoms with E-state index in [1.165, 1.54) is 16.7 Å². The fourth-order valence-electron chi connectivity index (χ4n) is 6.91. The monoisotopic (exact) mass is 480 g/mol. The van der Waals surface area contributed by atoms with E-state index in [9.17, 15) is 10.4 Å². The van der Waals surface area contributed by atoms with Gasteiger partial charge in [-0.3, -0.25) is 0 Å². The van der Waals surface area contributed by atoms with Crippen LogP contribution in [0.25, 0.3) is 0 Å². The zero-order valence-electron chi connectivity index (χ0n) is 21.7. The summed E-state index contributed by atoms with van der Waals surface area (Å²) in [5.41, 5.74) is 5.77. The molecule has 0 spiro atoms. The number of aromatic nitrogens is 1. The van der Waals surface area contributed by atoms with Crippen LogP contribution < -0.4 is 4.74 Å². The Kier molecular flexibility index (Phi) is 6.62. The molecule has 3 aromatic rings. The lowest BCUT2D eigenvalue weighted by atomic mass is 9.52. The highest BCUT2D eigenvalue weighted by Crippen LogP contribution is 2.55. The summed E-state index contributed by atoms with van der Waals surface area (Å²) in [4.78, 5) is 4.51. The zero-order valence-corrected chi connectivity index (χ0v) is 21.7. The minimum absolute atomic E-state index is 0.0173. The molecule has 0 bridgehead atoms. The molecule has 1 fully saturated rings. The molecule has 2 aliphatic carbocycles. The molecule has 4 nitrogen and oxygen atoms in total. The predicted octanol–water partition coefficient (Wildman–Crippen LogP) is 7.12. The molecule has 5 rings (SSSR count). The highest BCUT2D eigenvalue weighted by atomic mass is 16.5. The SMILES string of the molecule is CCC[C@@]1(O)CC[C@@]2(Cc3ccccc3)c3ccc(Oc4nc(C)cc(C)c4C#N)cc3CC[C@@H]2C1. The summed E-state index contributed by atoms with van der Waals surface area (Å²) >= 11 is 0. The van der Waals surface area contributed by atoms with Crippen LogP contribution in [0.4, 0.5) is 0 Å². The van der Waals surface area contributed by atoms with Crippen LogP contribution in [0, 0.1) is 31.1 Å². The van der Waals surface area contributed by atoms with Crippen molar-refractivity contribution in [2.24, 2.45) is 5.92 Å². The molecule has 0 aliphatic heterocycles. The van der Waals surface area contributed by atoms with Crippen LogP contribution in [-0.2, 0) is 18.3 Å². The van der Waals surface area contributed by atoms with E-state index in [0.29, 0.717) is 17.4 Å². The largest absolute Gasteiger partial charge is 0.438 e. The summed E-state index contributed by atoms with van der Waals surface area (Å²) in [6, 6.07) is 21.4. The number of rotatable bonds is 6. The van der Waals surface area contributed by atoms with Gasteiger partial charge in [0.15, 0.2) is 0 Å². The van der Waals surface area contributed by atoms with E-state index >= 15 is 0 Å². The minimum atomic E-state index is -0.539. The van der Waals surface area contributed by atoms with Crippen molar-refractivity contribution in [1.82, 2.24) is 4.98 Å². The summed E-state index contributed by atoms with van der Waals surface area (Å²) in [6.45, 7) is 6.01. The Labute approximate surface area is 215 Å². The highest BCUT2D eigenvalue weighted by molar-refractivity contribution is 5.49. The van der Waals surface area contributed by atoms with Crippen LogP contribution in [-0.4, -0.2) is 15.7 Å². The number of aryl methyl sites for hydroxylation is 3. The van der Waals surface area contributed by atoms with Crippen LogP contribution in [0.5, 0.6) is 11.6 Å². The normalized spacial score (nSPS) is 24.9. The molecule has 0 unspecified atom stereocenters. The smallest absolute Gasteiger partial charge is 0.237 e. The Morgan fingerprint density at radius 2 is 1.92 bits per heavy atom. The number of hydrogen-bond donors (Lipinski definition) is 1. The molecule has 4 heteroatoms. The zero-order chi connectivity index (χ0) is 25.3. The lowest BCUT2D eigenvalue weighted by molar-refractivity contribution is -0.0565. The van der Waals surface area contributed by atoms with Crippen molar-refractivity contribution in [2.45, 2.75) is 83.2 Å². The van der Waals surface area contributed by atoms with Crippen molar-refractivity contribution in [3.05, 3.63) is 88.1 Å². The van der Waals surface area contributed by atoms with E-state index in [2.05, 4.69) is 60.4 Å². The fraction of sp³-hybridized carbons (Fsp3) is 0.438. The summed E-state index contributed by atoms with van der Waals surface area (Å²) in [6.07, 6.45) is 7.65. The molecule has 0 saturated heterocycles. The summed E-state index contributed by atoms with van der Waals surface area (Å²) in [7, 11) is 0. The summed E-state index contributed by atoms with van der Waals surface area (Å²) in [5.74, 6) is 1.56. The fourth-order valence-corrected chi connectivity index (χ4v) is 6.91. The first kappa shape index (κ1) is 24.5. The molecule has 1 aromatic heterocycles. The van der Waals surface area contributed by atoms with Gasteiger partial charge in [0, 0.05) is 11.1 Å². The van der Waals surface area contributed by atoms with Gasteiger partial charge in [0.25, 0.3) is 0 Å². The molecule has 2 aromatic carbocycles. The average molecular weight is 481 g/mol. The molecule has 1 saturated carbocycles. The van der Waals surface area contributed by atoms with E-state index in [4.69, 9.17) is 4.74 Å². The van der Waals surface area contributed by atoms with Crippen LogP contribution in [0.3, 0.4) is 0 Å². The van der Waals surface area contributed by atoms with Crippen molar-refractivity contribution >= 4 is 0 Å². The predicted molar refractivity (Wildman–Crippen MR) is 142 cm³/mol. The number of ether oxygens (including phenoxy) is 1. The van der Waals surface area contributed by atoms with Crippen molar-refractivity contribution in [2.75, 3.05) is 0 Å². The third-order valence-corrected chi connectivity index (χ3v) is 8.54. The first-order valence-electron chi connectivity index (χ1n) is 13.3. The lowest BCUT2D eigenvalue weighted by Gasteiger charge is -2.53. The molecular formula is C32H36N2O2. The number of benzene rings is 2. The maximum atomic E-state index is 11.4. The van der Waals surface area contributed by atoms with Gasteiger partial charge in [0.2, 0.25) is 5.88 Å². The molecular weight excluding hydrogens is 444 g/mol. The Hall–Kier alpha value is -3.16. The lowest BCUT2D eigenvalue weighted by Crippen LogP contribution is -2.51. The summed E-state index contributed by atoms with van der Waals surface area (Å²) in [5, 5.41) is 21.0. The Bertz CT molecular complexity index is 1300. The van der Waals surface area contributed by atoms with Gasteiger partial charge in [0.05, 0.1) is 5.60 Å². The molecule has 36 heavy (non-hydrogen) atoms. The van der Waals surface area contributed by atoms with Gasteiger partial charge in [0.1, 0.15) is 17.4 Å². The summed E-state index contributed by atoms with van der Waals surface area (Å²) < 4.78 is 6.21. The standard InChI is InChI=1S/C32H36N2O2/c1-4-14-31(35)15-16-32(19-24-8-6-5-7-9-24)26(20-31)11-10-25-18-27(12-13-29(25)32)36-30-28(21-33)22(2)17-23(3)34-30/h5-9,12-13,17-18,26,35H,4,10-11,14-16,19-20H2,1-3H3/t26-,31-,32+/m1/s1. The number of hydrogen-bond acceptors (Lipinski definition) is 4.